The van der Waals surface area contributed by atoms with Crippen LogP contribution in [0.4, 0.5) is 5.69 Å². The fraction of sp³-hybridized carbons (Fsp3) is 0.636. The summed E-state index contributed by atoms with van der Waals surface area (Å²) in [5, 5.41) is 16.4. The molecule has 0 aliphatic carbocycles. The lowest BCUT2D eigenvalue weighted by Gasteiger charge is -2.21. The van der Waals surface area contributed by atoms with Crippen LogP contribution < -0.4 is 10.9 Å². The molecule has 96 valence electrons. The zero-order valence-corrected chi connectivity index (χ0v) is 11.9. The van der Waals surface area contributed by atoms with Gasteiger partial charge in [0, 0.05) is 6.54 Å². The Bertz CT molecular complexity index is 431. The molecule has 0 saturated heterocycles. The fourth-order valence-corrected chi connectivity index (χ4v) is 1.84. The number of nitrogens with zero attached hydrogens (tertiary/aromatic N) is 2. The minimum Gasteiger partial charge on any atom is -0.394 e. The predicted octanol–water partition coefficient (Wildman–Crippen LogP) is 1.45. The molecule has 0 fully saturated rings. The van der Waals surface area contributed by atoms with Crippen LogP contribution in [0.2, 0.25) is 0 Å². The molecule has 6 heteroatoms. The van der Waals surface area contributed by atoms with E-state index in [0.717, 1.165) is 0 Å². The molecule has 2 N–H and O–H groups in total. The van der Waals surface area contributed by atoms with E-state index in [4.69, 9.17) is 0 Å². The fourth-order valence-electron chi connectivity index (χ4n) is 1.41. The molecule has 1 atom stereocenters. The van der Waals surface area contributed by atoms with Gasteiger partial charge in [-0.2, -0.15) is 5.10 Å². The normalized spacial score (nSPS) is 12.8. The van der Waals surface area contributed by atoms with Crippen LogP contribution in [0.15, 0.2) is 15.5 Å². The second-order valence-electron chi connectivity index (χ2n) is 4.17. The highest BCUT2D eigenvalue weighted by molar-refractivity contribution is 9.10. The van der Waals surface area contributed by atoms with Crippen molar-refractivity contribution in [2.75, 3.05) is 11.9 Å². The summed E-state index contributed by atoms with van der Waals surface area (Å²) in [7, 11) is 0. The number of rotatable bonds is 5. The highest BCUT2D eigenvalue weighted by atomic mass is 79.9. The standard InChI is InChI=1S/C11H18BrN3O2/c1-4-15-11(17)10(12)8(5-13-15)14-9(6-16)7(2)3/h5,7,9,14,16H,4,6H2,1-3H3. The van der Waals surface area contributed by atoms with Crippen molar-refractivity contribution in [1.29, 1.82) is 0 Å². The van der Waals surface area contributed by atoms with Gasteiger partial charge in [0.2, 0.25) is 0 Å². The Hall–Kier alpha value is -0.880. The Morgan fingerprint density at radius 1 is 1.59 bits per heavy atom. The second kappa shape index (κ2) is 6.16. The van der Waals surface area contributed by atoms with Crippen LogP contribution in [-0.4, -0.2) is 27.5 Å². The van der Waals surface area contributed by atoms with Crippen LogP contribution in [0.25, 0.3) is 0 Å². The Morgan fingerprint density at radius 2 is 2.24 bits per heavy atom. The van der Waals surface area contributed by atoms with Crippen molar-refractivity contribution in [3.63, 3.8) is 0 Å². The molecule has 17 heavy (non-hydrogen) atoms. The van der Waals surface area contributed by atoms with Crippen molar-refractivity contribution in [2.24, 2.45) is 5.92 Å². The number of aliphatic hydroxyl groups excluding tert-OH is 1. The van der Waals surface area contributed by atoms with E-state index in [9.17, 15) is 9.90 Å². The van der Waals surface area contributed by atoms with Crippen LogP contribution >= 0.6 is 15.9 Å². The molecule has 0 amide bonds. The van der Waals surface area contributed by atoms with Gasteiger partial charge in [0.05, 0.1) is 24.5 Å². The molecule has 1 aromatic heterocycles. The quantitative estimate of drug-likeness (QED) is 0.864. The first-order valence-electron chi connectivity index (χ1n) is 5.64. The second-order valence-corrected chi connectivity index (χ2v) is 4.96. The van der Waals surface area contributed by atoms with Gasteiger partial charge in [-0.15, -0.1) is 0 Å². The Labute approximate surface area is 109 Å². The summed E-state index contributed by atoms with van der Waals surface area (Å²) in [5.41, 5.74) is 0.449. The molecule has 0 saturated carbocycles. The van der Waals surface area contributed by atoms with E-state index < -0.39 is 0 Å². The van der Waals surface area contributed by atoms with Gasteiger partial charge < -0.3 is 10.4 Å². The number of hydrogen-bond acceptors (Lipinski definition) is 4. The van der Waals surface area contributed by atoms with Gasteiger partial charge in [-0.1, -0.05) is 13.8 Å². The summed E-state index contributed by atoms with van der Waals surface area (Å²) in [5.74, 6) is 0.264. The van der Waals surface area contributed by atoms with Gasteiger partial charge in [-0.25, -0.2) is 4.68 Å². The van der Waals surface area contributed by atoms with Gasteiger partial charge in [-0.3, -0.25) is 4.79 Å². The van der Waals surface area contributed by atoms with Crippen molar-refractivity contribution in [3.05, 3.63) is 21.0 Å². The number of nitrogens with one attached hydrogen (secondary N) is 1. The van der Waals surface area contributed by atoms with Gasteiger partial charge in [0.15, 0.2) is 0 Å². The molecule has 5 nitrogen and oxygen atoms in total. The minimum atomic E-state index is -0.169. The van der Waals surface area contributed by atoms with E-state index >= 15 is 0 Å². The molecule has 0 bridgehead atoms. The first kappa shape index (κ1) is 14.2. The van der Waals surface area contributed by atoms with Crippen molar-refractivity contribution in [2.45, 2.75) is 33.4 Å². The Morgan fingerprint density at radius 3 is 2.71 bits per heavy atom. The third kappa shape index (κ3) is 3.29. The molecule has 1 aromatic rings. The summed E-state index contributed by atoms with van der Waals surface area (Å²) < 4.78 is 1.83. The van der Waals surface area contributed by atoms with E-state index in [1.807, 2.05) is 20.8 Å². The van der Waals surface area contributed by atoms with Crippen LogP contribution in [0, 0.1) is 5.92 Å². The highest BCUT2D eigenvalue weighted by Gasteiger charge is 2.15. The SMILES string of the molecule is CCn1ncc(NC(CO)C(C)C)c(Br)c1=O. The molecule has 0 radical (unpaired) electrons. The van der Waals surface area contributed by atoms with Gasteiger partial charge >= 0.3 is 0 Å². The number of halogens is 1. The summed E-state index contributed by atoms with van der Waals surface area (Å²) in [4.78, 5) is 11.8. The average Bonchev–Trinajstić information content (AvgIpc) is 2.30. The lowest BCUT2D eigenvalue weighted by Crippen LogP contribution is -2.31. The summed E-state index contributed by atoms with van der Waals surface area (Å²) in [6.45, 7) is 6.41. The average molecular weight is 304 g/mol. The lowest BCUT2D eigenvalue weighted by atomic mass is 10.1. The summed E-state index contributed by atoms with van der Waals surface area (Å²) in [6.07, 6.45) is 1.60. The lowest BCUT2D eigenvalue weighted by molar-refractivity contribution is 0.249. The van der Waals surface area contributed by atoms with Crippen molar-refractivity contribution in [1.82, 2.24) is 9.78 Å². The highest BCUT2D eigenvalue weighted by Crippen LogP contribution is 2.19. The molecule has 1 heterocycles. The van der Waals surface area contributed by atoms with Crippen LogP contribution in [0.5, 0.6) is 0 Å². The molecular formula is C11H18BrN3O2. The molecule has 0 aliphatic rings. The first-order valence-corrected chi connectivity index (χ1v) is 6.43. The zero-order valence-electron chi connectivity index (χ0n) is 10.3. The van der Waals surface area contributed by atoms with E-state index in [-0.39, 0.29) is 24.1 Å². The topological polar surface area (TPSA) is 67.2 Å². The monoisotopic (exact) mass is 303 g/mol. The van der Waals surface area contributed by atoms with Crippen molar-refractivity contribution in [3.8, 4) is 0 Å². The van der Waals surface area contributed by atoms with Crippen molar-refractivity contribution >= 4 is 21.6 Å². The largest absolute Gasteiger partial charge is 0.394 e. The zero-order chi connectivity index (χ0) is 13.0. The number of anilines is 1. The maximum atomic E-state index is 11.8. The Kier molecular flexibility index (Phi) is 5.14. The van der Waals surface area contributed by atoms with E-state index in [1.165, 1.54) is 4.68 Å². The maximum Gasteiger partial charge on any atom is 0.283 e. The van der Waals surface area contributed by atoms with E-state index in [0.29, 0.717) is 16.7 Å². The van der Waals surface area contributed by atoms with Crippen LogP contribution in [-0.2, 0) is 6.54 Å². The van der Waals surface area contributed by atoms with Gasteiger partial charge in [0.1, 0.15) is 4.47 Å². The predicted molar refractivity (Wildman–Crippen MR) is 71.2 cm³/mol. The molecule has 0 aliphatic heterocycles. The summed E-state index contributed by atoms with van der Waals surface area (Å²) in [6, 6.07) is -0.0926. The number of aromatic nitrogens is 2. The number of aryl methyl sites for hydroxylation is 1. The van der Waals surface area contributed by atoms with E-state index in [1.54, 1.807) is 6.20 Å². The number of hydrogen-bond donors (Lipinski definition) is 2. The third-order valence-electron chi connectivity index (χ3n) is 2.63. The number of aliphatic hydroxyl groups is 1. The van der Waals surface area contributed by atoms with Crippen molar-refractivity contribution < 1.29 is 5.11 Å². The maximum absolute atomic E-state index is 11.8. The smallest absolute Gasteiger partial charge is 0.283 e. The van der Waals surface area contributed by atoms with Crippen LogP contribution in [0.1, 0.15) is 20.8 Å². The first-order chi connectivity index (χ1) is 8.01. The minimum absolute atomic E-state index is 0.0149. The van der Waals surface area contributed by atoms with Crippen LogP contribution in [0.3, 0.4) is 0 Å². The molecule has 0 aromatic carbocycles. The molecule has 1 unspecified atom stereocenters. The third-order valence-corrected chi connectivity index (χ3v) is 3.39. The molecular weight excluding hydrogens is 286 g/mol. The Balaban J connectivity index is 3.00. The molecule has 0 spiro atoms. The van der Waals surface area contributed by atoms with Gasteiger partial charge in [0.25, 0.3) is 5.56 Å². The summed E-state index contributed by atoms with van der Waals surface area (Å²) >= 11 is 3.26. The molecule has 1 rings (SSSR count). The van der Waals surface area contributed by atoms with Gasteiger partial charge in [-0.05, 0) is 28.8 Å². The van der Waals surface area contributed by atoms with E-state index in [2.05, 4.69) is 26.3 Å².